The minimum absolute atomic E-state index is 0.260. The van der Waals surface area contributed by atoms with Crippen LogP contribution in [0.1, 0.15) is 46.5 Å². The van der Waals surface area contributed by atoms with Crippen molar-refractivity contribution in [1.82, 2.24) is 0 Å². The molecule has 0 spiro atoms. The van der Waals surface area contributed by atoms with Crippen molar-refractivity contribution in [3.63, 3.8) is 0 Å². The number of aliphatic hydroxyl groups excluding tert-OH is 1. The normalized spacial score (nSPS) is 20.7. The molecule has 0 radical (unpaired) electrons. The Morgan fingerprint density at radius 3 is 2.33 bits per heavy atom. The number of nitrogens with zero attached hydrogens (tertiary/aromatic N) is 1. The average molecular weight is 414 g/mol. The van der Waals surface area contributed by atoms with Crippen molar-refractivity contribution < 1.29 is 19.7 Å². The van der Waals surface area contributed by atoms with Gasteiger partial charge in [0.1, 0.15) is 5.75 Å². The van der Waals surface area contributed by atoms with E-state index in [0.717, 1.165) is 41.0 Å². The molecule has 0 heterocycles. The summed E-state index contributed by atoms with van der Waals surface area (Å²) in [6.45, 7) is 6.89. The summed E-state index contributed by atoms with van der Waals surface area (Å²) in [6.07, 6.45) is 4.96. The molecular formula is C25H35NO4. The highest BCUT2D eigenvalue weighted by Gasteiger charge is 2.30. The number of rotatable bonds is 7. The van der Waals surface area contributed by atoms with Gasteiger partial charge in [-0.15, -0.1) is 0 Å². The fourth-order valence-electron chi connectivity index (χ4n) is 4.41. The Hall–Kier alpha value is -2.27. The first-order chi connectivity index (χ1) is 14.2. The SMILES string of the molecule is CN(CC(CO)C(=O)O)c1ccc2cc(O[C@H]3CC[C@H](C(C)(C)C)CC3)ccc2c1. The van der Waals surface area contributed by atoms with Crippen molar-refractivity contribution in [2.75, 3.05) is 25.1 Å². The summed E-state index contributed by atoms with van der Waals surface area (Å²) in [5.41, 5.74) is 1.30. The standard InChI is InChI=1S/C25H35NO4/c1-25(2,3)20-7-11-22(12-8-20)30-23-10-6-17-13-21(9-5-18(17)14-23)26(4)15-19(16-27)24(28)29/h5-6,9-10,13-14,19-20,22,27H,7-8,11-12,15-16H2,1-4H3,(H,28,29)/t19?,20-,22-. The van der Waals surface area contributed by atoms with Gasteiger partial charge in [0.2, 0.25) is 0 Å². The van der Waals surface area contributed by atoms with Crippen molar-refractivity contribution in [3.05, 3.63) is 36.4 Å². The Bertz CT molecular complexity index is 865. The van der Waals surface area contributed by atoms with Crippen LogP contribution in [-0.2, 0) is 4.79 Å². The molecule has 1 aliphatic rings. The summed E-state index contributed by atoms with van der Waals surface area (Å²) in [5, 5.41) is 20.6. The third-order valence-corrected chi connectivity index (χ3v) is 6.50. The number of benzene rings is 2. The van der Waals surface area contributed by atoms with Crippen molar-refractivity contribution in [2.24, 2.45) is 17.3 Å². The number of anilines is 1. The first-order valence-corrected chi connectivity index (χ1v) is 10.9. The molecule has 0 aromatic heterocycles. The zero-order valence-electron chi connectivity index (χ0n) is 18.6. The highest BCUT2D eigenvalue weighted by atomic mass is 16.5. The third kappa shape index (κ3) is 5.45. The zero-order chi connectivity index (χ0) is 21.9. The van der Waals surface area contributed by atoms with Crippen LogP contribution < -0.4 is 9.64 Å². The van der Waals surface area contributed by atoms with Gasteiger partial charge in [0.15, 0.2) is 0 Å². The van der Waals surface area contributed by atoms with Gasteiger partial charge in [-0.05, 0) is 72.1 Å². The van der Waals surface area contributed by atoms with Crippen molar-refractivity contribution in [1.29, 1.82) is 0 Å². The van der Waals surface area contributed by atoms with Gasteiger partial charge in [0.25, 0.3) is 0 Å². The van der Waals surface area contributed by atoms with Gasteiger partial charge in [-0.25, -0.2) is 0 Å². The fourth-order valence-corrected chi connectivity index (χ4v) is 4.41. The lowest BCUT2D eigenvalue weighted by Crippen LogP contribution is -2.32. The Balaban J connectivity index is 1.65. The van der Waals surface area contributed by atoms with Crippen LogP contribution in [0, 0.1) is 17.3 Å². The number of aliphatic hydroxyl groups is 1. The molecule has 0 amide bonds. The van der Waals surface area contributed by atoms with E-state index in [1.165, 1.54) is 12.8 Å². The number of carboxylic acid groups (broad SMARTS) is 1. The molecule has 2 N–H and O–H groups in total. The van der Waals surface area contributed by atoms with Gasteiger partial charge < -0.3 is 19.8 Å². The number of hydrogen-bond donors (Lipinski definition) is 2. The topological polar surface area (TPSA) is 70.0 Å². The number of hydrogen-bond acceptors (Lipinski definition) is 4. The van der Waals surface area contributed by atoms with E-state index in [4.69, 9.17) is 9.84 Å². The van der Waals surface area contributed by atoms with Crippen molar-refractivity contribution >= 4 is 22.4 Å². The third-order valence-electron chi connectivity index (χ3n) is 6.50. The largest absolute Gasteiger partial charge is 0.490 e. The maximum absolute atomic E-state index is 11.2. The van der Waals surface area contributed by atoms with E-state index in [0.29, 0.717) is 5.41 Å². The molecule has 5 heteroatoms. The second kappa shape index (κ2) is 9.25. The molecule has 2 aromatic carbocycles. The maximum Gasteiger partial charge on any atom is 0.310 e. The lowest BCUT2D eigenvalue weighted by Gasteiger charge is -2.37. The van der Waals surface area contributed by atoms with Gasteiger partial charge in [-0.2, -0.15) is 0 Å². The predicted octanol–water partition coefficient (Wildman–Crippen LogP) is 4.95. The molecule has 0 bridgehead atoms. The highest BCUT2D eigenvalue weighted by Crippen LogP contribution is 2.39. The van der Waals surface area contributed by atoms with Crippen molar-refractivity contribution in [2.45, 2.75) is 52.6 Å². The average Bonchev–Trinajstić information content (AvgIpc) is 2.71. The summed E-state index contributed by atoms with van der Waals surface area (Å²) in [4.78, 5) is 13.0. The van der Waals surface area contributed by atoms with Crippen LogP contribution >= 0.6 is 0 Å². The van der Waals surface area contributed by atoms with Crippen LogP contribution in [0.3, 0.4) is 0 Å². The Morgan fingerprint density at radius 1 is 1.10 bits per heavy atom. The van der Waals surface area contributed by atoms with Gasteiger partial charge in [0.05, 0.1) is 18.6 Å². The van der Waals surface area contributed by atoms with E-state index in [9.17, 15) is 9.90 Å². The minimum atomic E-state index is -0.983. The minimum Gasteiger partial charge on any atom is -0.490 e. The summed E-state index contributed by atoms with van der Waals surface area (Å²) in [7, 11) is 1.85. The molecule has 1 fully saturated rings. The van der Waals surface area contributed by atoms with E-state index in [2.05, 4.69) is 32.9 Å². The van der Waals surface area contributed by atoms with Crippen LogP contribution in [0.2, 0.25) is 0 Å². The molecule has 0 saturated heterocycles. The van der Waals surface area contributed by atoms with Gasteiger partial charge in [-0.1, -0.05) is 32.9 Å². The molecule has 3 rings (SSSR count). The monoisotopic (exact) mass is 413 g/mol. The molecule has 30 heavy (non-hydrogen) atoms. The van der Waals surface area contributed by atoms with Gasteiger partial charge >= 0.3 is 5.97 Å². The van der Waals surface area contributed by atoms with Crippen LogP contribution in [0.4, 0.5) is 5.69 Å². The molecule has 5 nitrogen and oxygen atoms in total. The zero-order valence-corrected chi connectivity index (χ0v) is 18.6. The van der Waals surface area contributed by atoms with Gasteiger partial charge in [-0.3, -0.25) is 4.79 Å². The van der Waals surface area contributed by atoms with E-state index >= 15 is 0 Å². The highest BCUT2D eigenvalue weighted by molar-refractivity contribution is 5.87. The molecule has 0 aliphatic heterocycles. The second-order valence-electron chi connectivity index (χ2n) is 9.75. The molecule has 1 unspecified atom stereocenters. The summed E-state index contributed by atoms with van der Waals surface area (Å²) in [6, 6.07) is 12.2. The number of ether oxygens (including phenoxy) is 1. The van der Waals surface area contributed by atoms with E-state index in [-0.39, 0.29) is 19.3 Å². The van der Waals surface area contributed by atoms with Crippen LogP contribution in [0.25, 0.3) is 10.8 Å². The first kappa shape index (κ1) is 22.4. The number of carbonyl (C=O) groups is 1. The first-order valence-electron chi connectivity index (χ1n) is 10.9. The van der Waals surface area contributed by atoms with Crippen LogP contribution in [-0.4, -0.2) is 42.5 Å². The quantitative estimate of drug-likeness (QED) is 0.672. The Morgan fingerprint density at radius 2 is 1.73 bits per heavy atom. The molecule has 1 aliphatic carbocycles. The van der Waals surface area contributed by atoms with E-state index in [1.807, 2.05) is 36.2 Å². The van der Waals surface area contributed by atoms with E-state index in [1.54, 1.807) is 0 Å². The summed E-state index contributed by atoms with van der Waals surface area (Å²) < 4.78 is 6.29. The van der Waals surface area contributed by atoms with Crippen LogP contribution in [0.15, 0.2) is 36.4 Å². The molecular weight excluding hydrogens is 378 g/mol. The smallest absolute Gasteiger partial charge is 0.310 e. The molecule has 164 valence electrons. The number of aliphatic carboxylic acids is 1. The molecule has 1 atom stereocenters. The lowest BCUT2D eigenvalue weighted by atomic mass is 9.72. The number of carboxylic acids is 1. The predicted molar refractivity (Wildman–Crippen MR) is 121 cm³/mol. The van der Waals surface area contributed by atoms with Gasteiger partial charge in [0, 0.05) is 19.3 Å². The molecule has 1 saturated carbocycles. The maximum atomic E-state index is 11.2. The second-order valence-corrected chi connectivity index (χ2v) is 9.75. The van der Waals surface area contributed by atoms with E-state index < -0.39 is 11.9 Å². The molecule has 2 aromatic rings. The number of fused-ring (bicyclic) bond motifs is 1. The Kier molecular flexibility index (Phi) is 6.91. The summed E-state index contributed by atoms with van der Waals surface area (Å²) >= 11 is 0. The van der Waals surface area contributed by atoms with Crippen molar-refractivity contribution in [3.8, 4) is 5.75 Å². The Labute approximate surface area is 179 Å². The van der Waals surface area contributed by atoms with Crippen LogP contribution in [0.5, 0.6) is 5.75 Å². The lowest BCUT2D eigenvalue weighted by molar-refractivity contribution is -0.142. The summed E-state index contributed by atoms with van der Waals surface area (Å²) in [5.74, 6) is -0.0942. The fraction of sp³-hybridized carbons (Fsp3) is 0.560.